The van der Waals surface area contributed by atoms with Crippen LogP contribution in [-0.4, -0.2) is 36.1 Å². The molecule has 122 valence electrons. The van der Waals surface area contributed by atoms with E-state index in [1.807, 2.05) is 45.2 Å². The van der Waals surface area contributed by atoms with Crippen LogP contribution in [-0.2, 0) is 4.74 Å². The molecule has 0 fully saturated rings. The Bertz CT molecular complexity index is 1050. The van der Waals surface area contributed by atoms with Crippen LogP contribution in [0, 0.1) is 0 Å². The molecular weight excluding hydrogens is 326 g/mol. The second-order valence-electron chi connectivity index (χ2n) is 6.40. The van der Waals surface area contributed by atoms with Gasteiger partial charge in [0.25, 0.3) is 0 Å². The predicted octanol–water partition coefficient (Wildman–Crippen LogP) is 3.59. The molecule has 0 aromatic carbocycles. The van der Waals surface area contributed by atoms with Crippen molar-refractivity contribution in [2.45, 2.75) is 26.4 Å². The van der Waals surface area contributed by atoms with Crippen molar-refractivity contribution in [1.82, 2.24) is 24.4 Å². The molecule has 0 aliphatic carbocycles. The molecule has 0 radical (unpaired) electrons. The summed E-state index contributed by atoms with van der Waals surface area (Å²) in [6.45, 7) is 5.53. The minimum absolute atomic E-state index is 0.403. The summed E-state index contributed by atoms with van der Waals surface area (Å²) in [7, 11) is 0. The standard InChI is InChI=1S/C16H15N5O2S/c1-16(2,3)23-15(22)20-7-6-12-14(20)24-13(18-12)10-4-5-11-8-17-19-21(11)9-10/h4-9H,1-3H3. The lowest BCUT2D eigenvalue weighted by atomic mass is 10.2. The normalized spacial score (nSPS) is 12.1. The molecule has 0 aliphatic heterocycles. The number of fused-ring (bicyclic) bond motifs is 2. The molecule has 0 saturated carbocycles. The molecule has 24 heavy (non-hydrogen) atoms. The maximum Gasteiger partial charge on any atom is 0.419 e. The average molecular weight is 341 g/mol. The van der Waals surface area contributed by atoms with Crippen LogP contribution in [0.1, 0.15) is 20.8 Å². The van der Waals surface area contributed by atoms with Gasteiger partial charge in [-0.2, -0.15) is 0 Å². The molecule has 4 heterocycles. The molecule has 4 aromatic heterocycles. The highest BCUT2D eigenvalue weighted by Gasteiger charge is 2.21. The lowest BCUT2D eigenvalue weighted by Crippen LogP contribution is -2.26. The quantitative estimate of drug-likeness (QED) is 0.529. The number of aromatic nitrogens is 5. The molecule has 8 heteroatoms. The Morgan fingerprint density at radius 2 is 2.08 bits per heavy atom. The first-order valence-electron chi connectivity index (χ1n) is 7.42. The van der Waals surface area contributed by atoms with Crippen LogP contribution in [0.4, 0.5) is 4.79 Å². The van der Waals surface area contributed by atoms with Gasteiger partial charge in [0.15, 0.2) is 0 Å². The van der Waals surface area contributed by atoms with E-state index in [-0.39, 0.29) is 0 Å². The zero-order chi connectivity index (χ0) is 16.9. The third-order valence-corrected chi connectivity index (χ3v) is 4.49. The van der Waals surface area contributed by atoms with Crippen molar-refractivity contribution in [2.75, 3.05) is 0 Å². The summed E-state index contributed by atoms with van der Waals surface area (Å²) in [4.78, 5) is 17.7. The number of hydrogen-bond donors (Lipinski definition) is 0. The largest absolute Gasteiger partial charge is 0.443 e. The maximum absolute atomic E-state index is 12.3. The van der Waals surface area contributed by atoms with Crippen molar-refractivity contribution in [3.05, 3.63) is 36.8 Å². The Kier molecular flexibility index (Phi) is 3.17. The number of carbonyl (C=O) groups excluding carboxylic acids is 1. The molecule has 0 unspecified atom stereocenters. The summed E-state index contributed by atoms with van der Waals surface area (Å²) >= 11 is 1.44. The molecule has 4 rings (SSSR count). The number of carbonyl (C=O) groups is 1. The highest BCUT2D eigenvalue weighted by molar-refractivity contribution is 7.21. The SMILES string of the molecule is CC(C)(C)OC(=O)n1ccc2nc(-c3ccc4cnnn4c3)sc21. The Morgan fingerprint density at radius 3 is 2.88 bits per heavy atom. The zero-order valence-electron chi connectivity index (χ0n) is 13.4. The smallest absolute Gasteiger partial charge is 0.419 e. The number of rotatable bonds is 1. The van der Waals surface area contributed by atoms with E-state index in [1.165, 1.54) is 15.9 Å². The highest BCUT2D eigenvalue weighted by atomic mass is 32.1. The van der Waals surface area contributed by atoms with Crippen molar-refractivity contribution >= 4 is 33.3 Å². The first kappa shape index (κ1) is 14.8. The van der Waals surface area contributed by atoms with E-state index >= 15 is 0 Å². The molecular formula is C16H15N5O2S. The molecule has 0 atom stereocenters. The maximum atomic E-state index is 12.3. The highest BCUT2D eigenvalue weighted by Crippen LogP contribution is 2.31. The average Bonchev–Trinajstić information content (AvgIpc) is 3.19. The van der Waals surface area contributed by atoms with Gasteiger partial charge in [0.1, 0.15) is 21.0 Å². The Hall–Kier alpha value is -2.74. The van der Waals surface area contributed by atoms with Gasteiger partial charge in [-0.15, -0.1) is 5.10 Å². The van der Waals surface area contributed by atoms with E-state index < -0.39 is 11.7 Å². The molecule has 0 spiro atoms. The molecule has 0 saturated heterocycles. The van der Waals surface area contributed by atoms with Crippen molar-refractivity contribution in [2.24, 2.45) is 0 Å². The predicted molar refractivity (Wildman–Crippen MR) is 91.2 cm³/mol. The van der Waals surface area contributed by atoms with Gasteiger partial charge < -0.3 is 4.74 Å². The molecule has 0 amide bonds. The molecule has 7 nitrogen and oxygen atoms in total. The fourth-order valence-corrected chi connectivity index (χ4v) is 3.36. The lowest BCUT2D eigenvalue weighted by molar-refractivity contribution is 0.0545. The van der Waals surface area contributed by atoms with Crippen LogP contribution in [0.3, 0.4) is 0 Å². The summed E-state index contributed by atoms with van der Waals surface area (Å²) in [6, 6.07) is 5.71. The zero-order valence-corrected chi connectivity index (χ0v) is 14.2. The van der Waals surface area contributed by atoms with Gasteiger partial charge in [0.05, 0.1) is 11.7 Å². The summed E-state index contributed by atoms with van der Waals surface area (Å²) in [6.07, 6.45) is 4.85. The van der Waals surface area contributed by atoms with Crippen molar-refractivity contribution in [3.63, 3.8) is 0 Å². The number of ether oxygens (including phenoxy) is 1. The minimum atomic E-state index is -0.542. The van der Waals surface area contributed by atoms with Crippen molar-refractivity contribution in [3.8, 4) is 10.6 Å². The van der Waals surface area contributed by atoms with E-state index in [2.05, 4.69) is 15.3 Å². The Labute approximate surface area is 141 Å². The summed E-state index contributed by atoms with van der Waals surface area (Å²) in [5.74, 6) is 0. The van der Waals surface area contributed by atoms with Gasteiger partial charge in [0.2, 0.25) is 0 Å². The van der Waals surface area contributed by atoms with Gasteiger partial charge in [-0.05, 0) is 39.0 Å². The van der Waals surface area contributed by atoms with Crippen LogP contribution >= 0.6 is 11.3 Å². The van der Waals surface area contributed by atoms with Crippen LogP contribution < -0.4 is 0 Å². The van der Waals surface area contributed by atoms with Crippen molar-refractivity contribution in [1.29, 1.82) is 0 Å². The molecule has 4 aromatic rings. The summed E-state index contributed by atoms with van der Waals surface area (Å²) in [5, 5.41) is 8.68. The monoisotopic (exact) mass is 341 g/mol. The molecule has 0 bridgehead atoms. The fraction of sp³-hybridized carbons (Fsp3) is 0.250. The van der Waals surface area contributed by atoms with Gasteiger partial charge in [-0.3, -0.25) is 0 Å². The van der Waals surface area contributed by atoms with Crippen molar-refractivity contribution < 1.29 is 9.53 Å². The van der Waals surface area contributed by atoms with E-state index in [1.54, 1.807) is 16.9 Å². The van der Waals surface area contributed by atoms with Crippen LogP contribution in [0.5, 0.6) is 0 Å². The Morgan fingerprint density at radius 1 is 1.25 bits per heavy atom. The molecule has 0 N–H and O–H groups in total. The van der Waals surface area contributed by atoms with E-state index in [4.69, 9.17) is 4.74 Å². The lowest BCUT2D eigenvalue weighted by Gasteiger charge is -2.19. The van der Waals surface area contributed by atoms with E-state index in [9.17, 15) is 4.79 Å². The van der Waals surface area contributed by atoms with Gasteiger partial charge >= 0.3 is 6.09 Å². The number of thiazole rings is 1. The van der Waals surface area contributed by atoms with Crippen LogP contribution in [0.25, 0.3) is 26.4 Å². The van der Waals surface area contributed by atoms with Gasteiger partial charge in [-0.25, -0.2) is 18.9 Å². The third-order valence-electron chi connectivity index (χ3n) is 3.37. The van der Waals surface area contributed by atoms with Crippen LogP contribution in [0.15, 0.2) is 36.8 Å². The third kappa shape index (κ3) is 2.54. The van der Waals surface area contributed by atoms with Gasteiger partial charge in [-0.1, -0.05) is 16.6 Å². The van der Waals surface area contributed by atoms with Crippen LogP contribution in [0.2, 0.25) is 0 Å². The summed E-state index contributed by atoms with van der Waals surface area (Å²) < 4.78 is 8.63. The van der Waals surface area contributed by atoms with E-state index in [0.717, 1.165) is 26.4 Å². The minimum Gasteiger partial charge on any atom is -0.443 e. The topological polar surface area (TPSA) is 74.3 Å². The summed E-state index contributed by atoms with van der Waals surface area (Å²) in [5.41, 5.74) is 2.06. The molecule has 0 aliphatic rings. The number of pyridine rings is 1. The number of nitrogens with zero attached hydrogens (tertiary/aromatic N) is 5. The first-order valence-corrected chi connectivity index (χ1v) is 8.24. The van der Waals surface area contributed by atoms with Gasteiger partial charge in [0, 0.05) is 18.0 Å². The number of hydrogen-bond acceptors (Lipinski definition) is 6. The fourth-order valence-electron chi connectivity index (χ4n) is 2.34. The van der Waals surface area contributed by atoms with E-state index in [0.29, 0.717) is 0 Å². The first-order chi connectivity index (χ1) is 11.4. The second kappa shape index (κ2) is 5.13. The second-order valence-corrected chi connectivity index (χ2v) is 7.37. The Balaban J connectivity index is 1.75.